The van der Waals surface area contributed by atoms with Gasteiger partial charge in [-0.05, 0) is 5.56 Å². The Bertz CT molecular complexity index is 929. The topological polar surface area (TPSA) is 51.3 Å². The minimum Gasteiger partial charge on any atom is -0.345 e. The number of alkyl halides is 3. The number of likely N-dealkylation sites (N-methyl/N-ethyl adjacent to an activating group) is 1. The highest BCUT2D eigenvalue weighted by atomic mass is 19.4. The number of piperazine rings is 1. The average Bonchev–Trinajstić information content (AvgIpc) is 3.05. The monoisotopic (exact) mass is 377 g/mol. The maximum Gasteiger partial charge on any atom is 0.451 e. The molecule has 4 rings (SSSR count). The third-order valence-electron chi connectivity index (χ3n) is 4.82. The van der Waals surface area contributed by atoms with Crippen LogP contribution in [0.3, 0.4) is 0 Å². The van der Waals surface area contributed by atoms with Crippen molar-refractivity contribution in [2.75, 3.05) is 38.1 Å². The highest BCUT2D eigenvalue weighted by Crippen LogP contribution is 2.32. The molecule has 0 saturated carbocycles. The fourth-order valence-corrected chi connectivity index (χ4v) is 3.28. The van der Waals surface area contributed by atoms with E-state index in [9.17, 15) is 13.2 Å². The van der Waals surface area contributed by atoms with Gasteiger partial charge in [0.2, 0.25) is 5.82 Å². The van der Waals surface area contributed by atoms with Crippen molar-refractivity contribution < 1.29 is 18.1 Å². The van der Waals surface area contributed by atoms with Crippen molar-refractivity contribution >= 4 is 16.9 Å². The van der Waals surface area contributed by atoms with Crippen LogP contribution < -0.4 is 9.80 Å². The lowest BCUT2D eigenvalue weighted by molar-refractivity contribution is -0.880. The van der Waals surface area contributed by atoms with Crippen molar-refractivity contribution in [1.29, 1.82) is 0 Å². The van der Waals surface area contributed by atoms with Crippen LogP contribution in [0, 0.1) is 0 Å². The molecule has 3 aromatic rings. The fraction of sp³-hybridized carbons (Fsp3) is 0.389. The molecular formula is C18H20F3N6+. The third-order valence-corrected chi connectivity index (χ3v) is 4.82. The predicted molar refractivity (Wildman–Crippen MR) is 94.7 cm³/mol. The first-order valence-corrected chi connectivity index (χ1v) is 8.83. The lowest BCUT2D eigenvalue weighted by atomic mass is 10.2. The Balaban J connectivity index is 1.80. The molecule has 9 heteroatoms. The molecule has 1 aromatic carbocycles. The van der Waals surface area contributed by atoms with Gasteiger partial charge in [-0.1, -0.05) is 30.3 Å². The molecule has 2 aromatic heterocycles. The summed E-state index contributed by atoms with van der Waals surface area (Å²) in [6.07, 6.45) is -3.04. The van der Waals surface area contributed by atoms with Crippen LogP contribution in [-0.2, 0) is 12.7 Å². The number of fused-ring (bicyclic) bond motifs is 1. The summed E-state index contributed by atoms with van der Waals surface area (Å²) in [5.41, 5.74) is 1.15. The number of hydrogen-bond donors (Lipinski definition) is 1. The minimum absolute atomic E-state index is 0.211. The zero-order chi connectivity index (χ0) is 19.0. The van der Waals surface area contributed by atoms with Gasteiger partial charge in [-0.25, -0.2) is 14.6 Å². The van der Waals surface area contributed by atoms with Gasteiger partial charge in [0.05, 0.1) is 51.4 Å². The van der Waals surface area contributed by atoms with Gasteiger partial charge in [-0.15, -0.1) is 0 Å². The summed E-state index contributed by atoms with van der Waals surface area (Å²) in [5.74, 6) is -0.801. The van der Waals surface area contributed by atoms with E-state index in [1.54, 1.807) is 6.20 Å². The molecule has 0 aliphatic carbocycles. The fourth-order valence-electron chi connectivity index (χ4n) is 3.28. The molecule has 0 spiro atoms. The lowest BCUT2D eigenvalue weighted by Gasteiger charge is -2.31. The summed E-state index contributed by atoms with van der Waals surface area (Å²) in [5, 5.41) is 4.85. The highest BCUT2D eigenvalue weighted by Gasteiger charge is 2.37. The van der Waals surface area contributed by atoms with Crippen LogP contribution in [0.15, 0.2) is 36.5 Å². The van der Waals surface area contributed by atoms with Crippen molar-refractivity contribution in [2.24, 2.45) is 0 Å². The summed E-state index contributed by atoms with van der Waals surface area (Å²) < 4.78 is 41.7. The van der Waals surface area contributed by atoms with Crippen molar-refractivity contribution in [3.05, 3.63) is 47.9 Å². The van der Waals surface area contributed by atoms with Crippen molar-refractivity contribution in [2.45, 2.75) is 12.7 Å². The zero-order valence-electron chi connectivity index (χ0n) is 14.9. The van der Waals surface area contributed by atoms with Crippen LogP contribution in [-0.4, -0.2) is 53.0 Å². The molecule has 3 heterocycles. The molecule has 142 valence electrons. The average molecular weight is 377 g/mol. The van der Waals surface area contributed by atoms with E-state index in [4.69, 9.17) is 0 Å². The van der Waals surface area contributed by atoms with E-state index in [1.165, 1.54) is 9.58 Å². The first-order chi connectivity index (χ1) is 12.9. The Hall–Kier alpha value is -2.68. The molecule has 1 N–H and O–H groups in total. The number of quaternary nitrogens is 1. The maximum absolute atomic E-state index is 13.4. The van der Waals surface area contributed by atoms with Gasteiger partial charge >= 0.3 is 6.18 Å². The summed E-state index contributed by atoms with van der Waals surface area (Å²) in [6.45, 7) is 3.36. The second kappa shape index (κ2) is 6.80. The molecule has 1 fully saturated rings. The number of nitrogens with zero attached hydrogens (tertiary/aromatic N) is 5. The van der Waals surface area contributed by atoms with E-state index in [2.05, 4.69) is 22.1 Å². The molecule has 0 unspecified atom stereocenters. The molecule has 0 radical (unpaired) electrons. The quantitative estimate of drug-likeness (QED) is 0.746. The molecule has 0 amide bonds. The van der Waals surface area contributed by atoms with E-state index in [-0.39, 0.29) is 5.65 Å². The first-order valence-electron chi connectivity index (χ1n) is 8.83. The smallest absolute Gasteiger partial charge is 0.345 e. The van der Waals surface area contributed by atoms with E-state index in [1.807, 2.05) is 35.2 Å². The summed E-state index contributed by atoms with van der Waals surface area (Å²) in [4.78, 5) is 10.9. The minimum atomic E-state index is -4.61. The Morgan fingerprint density at radius 2 is 1.78 bits per heavy atom. The van der Waals surface area contributed by atoms with Crippen LogP contribution in [0.2, 0.25) is 0 Å². The number of rotatable bonds is 3. The van der Waals surface area contributed by atoms with Gasteiger partial charge in [0.15, 0.2) is 5.65 Å². The van der Waals surface area contributed by atoms with Gasteiger partial charge in [0.25, 0.3) is 0 Å². The van der Waals surface area contributed by atoms with E-state index < -0.39 is 12.0 Å². The lowest BCUT2D eigenvalue weighted by Crippen LogP contribution is -3.12. The number of benzene rings is 1. The van der Waals surface area contributed by atoms with Gasteiger partial charge < -0.3 is 9.80 Å². The predicted octanol–water partition coefficient (Wildman–Crippen LogP) is 1.23. The highest BCUT2D eigenvalue weighted by molar-refractivity contribution is 5.87. The van der Waals surface area contributed by atoms with Crippen molar-refractivity contribution in [3.8, 4) is 0 Å². The molecule has 1 aliphatic heterocycles. The van der Waals surface area contributed by atoms with Crippen LogP contribution >= 0.6 is 0 Å². The SMILES string of the molecule is C[NH+]1CCN(c2nc(C(F)(F)F)nc3c2cnn3Cc2ccccc2)CC1. The largest absolute Gasteiger partial charge is 0.451 e. The van der Waals surface area contributed by atoms with Gasteiger partial charge in [-0.2, -0.15) is 18.3 Å². The van der Waals surface area contributed by atoms with Crippen molar-refractivity contribution in [3.63, 3.8) is 0 Å². The number of anilines is 1. The molecule has 0 atom stereocenters. The maximum atomic E-state index is 13.4. The van der Waals surface area contributed by atoms with Crippen LogP contribution in [0.25, 0.3) is 11.0 Å². The molecule has 0 bridgehead atoms. The van der Waals surface area contributed by atoms with Crippen LogP contribution in [0.4, 0.5) is 19.0 Å². The van der Waals surface area contributed by atoms with Crippen molar-refractivity contribution in [1.82, 2.24) is 19.7 Å². The Labute approximate surface area is 154 Å². The Morgan fingerprint density at radius 3 is 2.44 bits per heavy atom. The summed E-state index contributed by atoms with van der Waals surface area (Å²) in [6, 6.07) is 9.47. The number of halogens is 3. The van der Waals surface area contributed by atoms with E-state index >= 15 is 0 Å². The number of aromatic nitrogens is 4. The van der Waals surface area contributed by atoms with Gasteiger partial charge in [-0.3, -0.25) is 0 Å². The molecular weight excluding hydrogens is 357 g/mol. The normalized spacial score (nSPS) is 16.2. The number of nitrogens with one attached hydrogen (secondary N) is 1. The van der Waals surface area contributed by atoms with E-state index in [0.29, 0.717) is 30.8 Å². The summed E-state index contributed by atoms with van der Waals surface area (Å²) >= 11 is 0. The molecule has 27 heavy (non-hydrogen) atoms. The first kappa shape index (κ1) is 17.7. The van der Waals surface area contributed by atoms with Crippen LogP contribution in [0.5, 0.6) is 0 Å². The zero-order valence-corrected chi connectivity index (χ0v) is 14.9. The Morgan fingerprint density at radius 1 is 1.07 bits per heavy atom. The second-order valence-electron chi connectivity index (χ2n) is 6.84. The van der Waals surface area contributed by atoms with Crippen LogP contribution in [0.1, 0.15) is 11.4 Å². The third kappa shape index (κ3) is 3.59. The van der Waals surface area contributed by atoms with E-state index in [0.717, 1.165) is 18.7 Å². The molecule has 1 aliphatic rings. The van der Waals surface area contributed by atoms with Gasteiger partial charge in [0.1, 0.15) is 5.82 Å². The summed E-state index contributed by atoms with van der Waals surface area (Å²) in [7, 11) is 2.08. The van der Waals surface area contributed by atoms with Gasteiger partial charge in [0, 0.05) is 0 Å². The molecule has 6 nitrogen and oxygen atoms in total. The standard InChI is InChI=1S/C18H19F3N6/c1-25-7-9-26(10-8-25)15-14-11-22-27(12-13-5-3-2-4-6-13)16(14)24-17(23-15)18(19,20)21/h2-6,11H,7-10,12H2,1H3/p+1. The molecule has 1 saturated heterocycles. The number of hydrogen-bond acceptors (Lipinski definition) is 4. The Kier molecular flexibility index (Phi) is 4.47. The second-order valence-corrected chi connectivity index (χ2v) is 6.84.